The van der Waals surface area contributed by atoms with Gasteiger partial charge in [0, 0.05) is 6.04 Å². The summed E-state index contributed by atoms with van der Waals surface area (Å²) in [5.74, 6) is -0.127. The van der Waals surface area contributed by atoms with Gasteiger partial charge in [-0.05, 0) is 44.1 Å². The van der Waals surface area contributed by atoms with Crippen LogP contribution in [0.25, 0.3) is 0 Å². The average Bonchev–Trinajstić information content (AvgIpc) is 2.51. The highest BCUT2D eigenvalue weighted by atomic mass is 19.1. The molecule has 1 nitrogen and oxygen atoms in total. The molecule has 2 rings (SSSR count). The highest BCUT2D eigenvalue weighted by Gasteiger charge is 2.22. The fourth-order valence-electron chi connectivity index (χ4n) is 2.05. The van der Waals surface area contributed by atoms with Crippen LogP contribution in [0, 0.1) is 5.82 Å². The third-order valence-electron chi connectivity index (χ3n) is 2.75. The first kappa shape index (κ1) is 8.70. The Morgan fingerprint density at radius 2 is 2.31 bits per heavy atom. The van der Waals surface area contributed by atoms with Gasteiger partial charge in [-0.3, -0.25) is 4.90 Å². The molecule has 1 aliphatic heterocycles. The lowest BCUT2D eigenvalue weighted by atomic mass is 10.1. The molecule has 0 unspecified atom stereocenters. The molecule has 0 radical (unpaired) electrons. The zero-order chi connectivity index (χ0) is 9.26. The van der Waals surface area contributed by atoms with Gasteiger partial charge in [0.1, 0.15) is 5.82 Å². The molecule has 1 aromatic carbocycles. The van der Waals surface area contributed by atoms with Gasteiger partial charge in [-0.25, -0.2) is 4.39 Å². The van der Waals surface area contributed by atoms with Crippen LogP contribution in [-0.2, 0) is 0 Å². The molecule has 1 fully saturated rings. The van der Waals surface area contributed by atoms with Crippen LogP contribution < -0.4 is 0 Å². The molecule has 0 saturated carbocycles. The fraction of sp³-hybridized carbons (Fsp3) is 0.455. The number of likely N-dealkylation sites (tertiary alicyclic amines) is 1. The number of rotatable bonds is 1. The third-order valence-corrected chi connectivity index (χ3v) is 2.75. The maximum atomic E-state index is 12.9. The van der Waals surface area contributed by atoms with E-state index in [1.165, 1.54) is 12.5 Å². The summed E-state index contributed by atoms with van der Waals surface area (Å²) in [5.41, 5.74) is 1.11. The van der Waals surface area contributed by atoms with Crippen LogP contribution in [0.4, 0.5) is 4.39 Å². The molecule has 0 bridgehead atoms. The van der Waals surface area contributed by atoms with E-state index in [0.29, 0.717) is 6.04 Å². The van der Waals surface area contributed by atoms with Crippen molar-refractivity contribution in [3.05, 3.63) is 35.6 Å². The SMILES string of the molecule is CN1CCC[C@H]1c1cccc(F)c1. The van der Waals surface area contributed by atoms with E-state index in [0.717, 1.165) is 18.5 Å². The minimum Gasteiger partial charge on any atom is -0.299 e. The van der Waals surface area contributed by atoms with Gasteiger partial charge >= 0.3 is 0 Å². The second-order valence-electron chi connectivity index (χ2n) is 3.69. The smallest absolute Gasteiger partial charge is 0.123 e. The summed E-state index contributed by atoms with van der Waals surface area (Å²) >= 11 is 0. The number of benzene rings is 1. The summed E-state index contributed by atoms with van der Waals surface area (Å²) < 4.78 is 12.9. The van der Waals surface area contributed by atoms with Crippen molar-refractivity contribution in [3.63, 3.8) is 0 Å². The Labute approximate surface area is 78.2 Å². The van der Waals surface area contributed by atoms with Crippen molar-refractivity contribution in [2.45, 2.75) is 18.9 Å². The van der Waals surface area contributed by atoms with Gasteiger partial charge in [-0.1, -0.05) is 12.1 Å². The maximum absolute atomic E-state index is 12.9. The van der Waals surface area contributed by atoms with Gasteiger partial charge < -0.3 is 0 Å². The number of halogens is 1. The molecule has 13 heavy (non-hydrogen) atoms. The Bertz CT molecular complexity index is 298. The van der Waals surface area contributed by atoms with Crippen molar-refractivity contribution < 1.29 is 4.39 Å². The van der Waals surface area contributed by atoms with Crippen molar-refractivity contribution in [1.29, 1.82) is 0 Å². The molecule has 2 heteroatoms. The van der Waals surface area contributed by atoms with Crippen molar-refractivity contribution in [2.75, 3.05) is 13.6 Å². The number of hydrogen-bond acceptors (Lipinski definition) is 1. The van der Waals surface area contributed by atoms with E-state index >= 15 is 0 Å². The summed E-state index contributed by atoms with van der Waals surface area (Å²) in [6.45, 7) is 1.13. The van der Waals surface area contributed by atoms with Crippen LogP contribution in [0.5, 0.6) is 0 Å². The summed E-state index contributed by atoms with van der Waals surface area (Å²) in [7, 11) is 2.10. The molecule has 1 saturated heterocycles. The normalized spacial score (nSPS) is 23.7. The molecule has 0 aromatic heterocycles. The van der Waals surface area contributed by atoms with Gasteiger partial charge in [-0.2, -0.15) is 0 Å². The molecule has 1 atom stereocenters. The Morgan fingerprint density at radius 3 is 2.92 bits per heavy atom. The van der Waals surface area contributed by atoms with E-state index < -0.39 is 0 Å². The number of nitrogens with zero attached hydrogens (tertiary/aromatic N) is 1. The largest absolute Gasteiger partial charge is 0.299 e. The predicted molar refractivity (Wildman–Crippen MR) is 51.0 cm³/mol. The van der Waals surface area contributed by atoms with Crippen molar-refractivity contribution in [2.24, 2.45) is 0 Å². The minimum atomic E-state index is -0.127. The Kier molecular flexibility index (Phi) is 2.32. The Hall–Kier alpha value is -0.890. The highest BCUT2D eigenvalue weighted by Crippen LogP contribution is 2.30. The molecular weight excluding hydrogens is 165 g/mol. The van der Waals surface area contributed by atoms with E-state index in [4.69, 9.17) is 0 Å². The summed E-state index contributed by atoms with van der Waals surface area (Å²) in [5, 5.41) is 0. The first-order chi connectivity index (χ1) is 6.27. The molecule has 0 aliphatic carbocycles. The van der Waals surface area contributed by atoms with Gasteiger partial charge in [-0.15, -0.1) is 0 Å². The average molecular weight is 179 g/mol. The van der Waals surface area contributed by atoms with Crippen LogP contribution in [0.15, 0.2) is 24.3 Å². The minimum absolute atomic E-state index is 0.127. The fourth-order valence-corrected chi connectivity index (χ4v) is 2.05. The van der Waals surface area contributed by atoms with Crippen LogP contribution in [0.3, 0.4) is 0 Å². The zero-order valence-electron chi connectivity index (χ0n) is 7.83. The van der Waals surface area contributed by atoms with Crippen LogP contribution in [0.2, 0.25) is 0 Å². The van der Waals surface area contributed by atoms with E-state index in [9.17, 15) is 4.39 Å². The van der Waals surface area contributed by atoms with E-state index in [2.05, 4.69) is 11.9 Å². The molecule has 70 valence electrons. The standard InChI is InChI=1S/C11H14FN/c1-13-7-3-6-11(13)9-4-2-5-10(12)8-9/h2,4-5,8,11H,3,6-7H2,1H3/t11-/m0/s1. The lowest BCUT2D eigenvalue weighted by Crippen LogP contribution is -2.17. The molecule has 0 N–H and O–H groups in total. The topological polar surface area (TPSA) is 3.24 Å². The first-order valence-corrected chi connectivity index (χ1v) is 4.73. The lowest BCUT2D eigenvalue weighted by molar-refractivity contribution is 0.317. The summed E-state index contributed by atoms with van der Waals surface area (Å²) in [6.07, 6.45) is 2.37. The van der Waals surface area contributed by atoms with Crippen molar-refractivity contribution >= 4 is 0 Å². The highest BCUT2D eigenvalue weighted by molar-refractivity contribution is 5.20. The molecular formula is C11H14FN. The molecule has 1 aromatic rings. The summed E-state index contributed by atoms with van der Waals surface area (Å²) in [6, 6.07) is 7.37. The maximum Gasteiger partial charge on any atom is 0.123 e. The van der Waals surface area contributed by atoms with Crippen molar-refractivity contribution in [3.8, 4) is 0 Å². The van der Waals surface area contributed by atoms with E-state index in [1.54, 1.807) is 12.1 Å². The second kappa shape index (κ2) is 3.46. The van der Waals surface area contributed by atoms with E-state index in [1.807, 2.05) is 6.07 Å². The molecule has 1 heterocycles. The monoisotopic (exact) mass is 179 g/mol. The molecule has 0 amide bonds. The van der Waals surface area contributed by atoms with E-state index in [-0.39, 0.29) is 5.82 Å². The summed E-state index contributed by atoms with van der Waals surface area (Å²) in [4.78, 5) is 2.29. The number of hydrogen-bond donors (Lipinski definition) is 0. The van der Waals surface area contributed by atoms with Crippen LogP contribution in [-0.4, -0.2) is 18.5 Å². The lowest BCUT2D eigenvalue weighted by Gasteiger charge is -2.19. The van der Waals surface area contributed by atoms with Gasteiger partial charge in [0.05, 0.1) is 0 Å². The predicted octanol–water partition coefficient (Wildman–Crippen LogP) is 2.59. The van der Waals surface area contributed by atoms with Gasteiger partial charge in [0.15, 0.2) is 0 Å². The quantitative estimate of drug-likeness (QED) is 0.640. The molecule has 1 aliphatic rings. The van der Waals surface area contributed by atoms with Crippen molar-refractivity contribution in [1.82, 2.24) is 4.90 Å². The third kappa shape index (κ3) is 1.73. The van der Waals surface area contributed by atoms with Gasteiger partial charge in [0.2, 0.25) is 0 Å². The Balaban J connectivity index is 2.24. The van der Waals surface area contributed by atoms with Crippen LogP contribution >= 0.6 is 0 Å². The zero-order valence-corrected chi connectivity index (χ0v) is 7.83. The second-order valence-corrected chi connectivity index (χ2v) is 3.69. The van der Waals surface area contributed by atoms with Gasteiger partial charge in [0.25, 0.3) is 0 Å². The Morgan fingerprint density at radius 1 is 1.46 bits per heavy atom. The first-order valence-electron chi connectivity index (χ1n) is 4.73. The van der Waals surface area contributed by atoms with Crippen LogP contribution in [0.1, 0.15) is 24.4 Å². The molecule has 0 spiro atoms.